The smallest absolute Gasteiger partial charge is 0.305 e. The number of rotatable bonds is 11. The Morgan fingerprint density at radius 3 is 2.25 bits per heavy atom. The second-order valence-corrected chi connectivity index (χ2v) is 8.19. The number of hydrogen-bond acceptors (Lipinski definition) is 6. The largest absolute Gasteiger partial charge is 0.481 e. The van der Waals surface area contributed by atoms with Gasteiger partial charge in [-0.2, -0.15) is 0 Å². The van der Waals surface area contributed by atoms with E-state index in [1.165, 1.54) is 11.8 Å². The molecule has 0 aromatic heterocycles. The number of carbonyl (C=O) groups excluding carboxylic acids is 5. The standard InChI is InChI=1S/C20H33N5O7/c1-11(2)9-21-19(31)15-6-5-7-25(15)20(32)12(3)23-16(27)10-22-18(30)14(8-17(28)29)24-13(4)26/h11-12,14-15H,5-10H2,1-4H3,(H,21,31)(H,22,30)(H,23,27)(H,24,26)(H,28,29)/t12-,14-,15-/m0/s1. The zero-order valence-corrected chi connectivity index (χ0v) is 18.9. The van der Waals surface area contributed by atoms with Crippen molar-refractivity contribution in [2.24, 2.45) is 5.92 Å². The van der Waals surface area contributed by atoms with E-state index in [0.29, 0.717) is 25.9 Å². The van der Waals surface area contributed by atoms with E-state index in [9.17, 15) is 28.8 Å². The molecule has 1 rings (SSSR count). The minimum atomic E-state index is -1.33. The van der Waals surface area contributed by atoms with Crippen LogP contribution in [0.2, 0.25) is 0 Å². The quantitative estimate of drug-likeness (QED) is 0.248. The summed E-state index contributed by atoms with van der Waals surface area (Å²) >= 11 is 0. The SMILES string of the molecule is CC(=O)N[C@@H](CC(=O)O)C(=O)NCC(=O)N[C@@H](C)C(=O)N1CCC[C@H]1C(=O)NCC(C)C. The molecular weight excluding hydrogens is 422 g/mol. The minimum Gasteiger partial charge on any atom is -0.481 e. The first kappa shape index (κ1) is 26.9. The minimum absolute atomic E-state index is 0.224. The highest BCUT2D eigenvalue weighted by Gasteiger charge is 2.36. The van der Waals surface area contributed by atoms with Gasteiger partial charge in [-0.15, -0.1) is 0 Å². The number of amides is 5. The first-order valence-corrected chi connectivity index (χ1v) is 10.6. The van der Waals surface area contributed by atoms with Gasteiger partial charge in [0.15, 0.2) is 0 Å². The van der Waals surface area contributed by atoms with Crippen LogP contribution in [0, 0.1) is 5.92 Å². The van der Waals surface area contributed by atoms with Crippen molar-refractivity contribution in [1.82, 2.24) is 26.2 Å². The molecule has 3 atom stereocenters. The first-order chi connectivity index (χ1) is 14.9. The van der Waals surface area contributed by atoms with E-state index in [0.717, 1.165) is 6.92 Å². The number of nitrogens with zero attached hydrogens (tertiary/aromatic N) is 1. The van der Waals surface area contributed by atoms with Gasteiger partial charge in [-0.05, 0) is 25.7 Å². The molecule has 0 aromatic carbocycles. The van der Waals surface area contributed by atoms with Crippen LogP contribution in [0.15, 0.2) is 0 Å². The van der Waals surface area contributed by atoms with Crippen LogP contribution in [-0.2, 0) is 28.8 Å². The molecule has 0 saturated carbocycles. The number of nitrogens with one attached hydrogen (secondary N) is 4. The average Bonchev–Trinajstić information content (AvgIpc) is 3.18. The third kappa shape index (κ3) is 8.90. The van der Waals surface area contributed by atoms with E-state index >= 15 is 0 Å². The fourth-order valence-corrected chi connectivity index (χ4v) is 3.25. The third-order valence-corrected chi connectivity index (χ3v) is 4.77. The van der Waals surface area contributed by atoms with Crippen LogP contribution in [0.25, 0.3) is 0 Å². The fourth-order valence-electron chi connectivity index (χ4n) is 3.25. The summed E-state index contributed by atoms with van der Waals surface area (Å²) in [6.45, 7) is 6.95. The second-order valence-electron chi connectivity index (χ2n) is 8.19. The lowest BCUT2D eigenvalue weighted by atomic mass is 10.1. The number of aliphatic carboxylic acids is 1. The van der Waals surface area contributed by atoms with Crippen LogP contribution >= 0.6 is 0 Å². The number of likely N-dealkylation sites (tertiary alicyclic amines) is 1. The highest BCUT2D eigenvalue weighted by molar-refractivity contribution is 5.95. The Kier molecular flexibility index (Phi) is 10.6. The monoisotopic (exact) mass is 455 g/mol. The maximum absolute atomic E-state index is 12.8. The Balaban J connectivity index is 2.58. The van der Waals surface area contributed by atoms with Crippen molar-refractivity contribution in [2.75, 3.05) is 19.6 Å². The molecule has 180 valence electrons. The van der Waals surface area contributed by atoms with Crippen LogP contribution in [0.1, 0.15) is 47.0 Å². The van der Waals surface area contributed by atoms with Gasteiger partial charge < -0.3 is 31.3 Å². The number of carboxylic acids is 1. The highest BCUT2D eigenvalue weighted by atomic mass is 16.4. The molecule has 1 fully saturated rings. The van der Waals surface area contributed by atoms with Crippen molar-refractivity contribution >= 4 is 35.5 Å². The zero-order chi connectivity index (χ0) is 24.4. The summed E-state index contributed by atoms with van der Waals surface area (Å²) in [5, 5.41) is 18.6. The van der Waals surface area contributed by atoms with Gasteiger partial charge in [0.2, 0.25) is 29.5 Å². The summed E-state index contributed by atoms with van der Waals surface area (Å²) in [6.07, 6.45) is 0.577. The lowest BCUT2D eigenvalue weighted by molar-refractivity contribution is -0.141. The Hall–Kier alpha value is -3.18. The van der Waals surface area contributed by atoms with Gasteiger partial charge in [-0.3, -0.25) is 28.8 Å². The third-order valence-electron chi connectivity index (χ3n) is 4.77. The summed E-state index contributed by atoms with van der Waals surface area (Å²) < 4.78 is 0. The number of carbonyl (C=O) groups is 6. The predicted octanol–water partition coefficient (Wildman–Crippen LogP) is -1.65. The normalized spacial score (nSPS) is 17.3. The summed E-state index contributed by atoms with van der Waals surface area (Å²) in [6, 6.07) is -2.84. The molecule has 1 aliphatic heterocycles. The summed E-state index contributed by atoms with van der Waals surface area (Å²) in [5.41, 5.74) is 0. The molecule has 1 heterocycles. The molecule has 32 heavy (non-hydrogen) atoms. The molecule has 0 aromatic rings. The predicted molar refractivity (Wildman–Crippen MR) is 113 cm³/mol. The Bertz CT molecular complexity index is 724. The Morgan fingerprint density at radius 2 is 1.69 bits per heavy atom. The zero-order valence-electron chi connectivity index (χ0n) is 18.9. The lowest BCUT2D eigenvalue weighted by Crippen LogP contribution is -2.54. The molecule has 1 saturated heterocycles. The van der Waals surface area contributed by atoms with Crippen molar-refractivity contribution in [2.45, 2.75) is 65.1 Å². The highest BCUT2D eigenvalue weighted by Crippen LogP contribution is 2.18. The van der Waals surface area contributed by atoms with Gasteiger partial charge in [-0.1, -0.05) is 13.8 Å². The maximum atomic E-state index is 12.8. The molecule has 5 amide bonds. The lowest BCUT2D eigenvalue weighted by Gasteiger charge is -2.27. The Morgan fingerprint density at radius 1 is 1.03 bits per heavy atom. The van der Waals surface area contributed by atoms with Gasteiger partial charge in [0.1, 0.15) is 18.1 Å². The van der Waals surface area contributed by atoms with Crippen molar-refractivity contribution in [3.63, 3.8) is 0 Å². The summed E-state index contributed by atoms with van der Waals surface area (Å²) in [7, 11) is 0. The molecule has 1 aliphatic rings. The Labute approximate surface area is 186 Å². The first-order valence-electron chi connectivity index (χ1n) is 10.6. The maximum Gasteiger partial charge on any atom is 0.305 e. The molecule has 12 nitrogen and oxygen atoms in total. The van der Waals surface area contributed by atoms with Crippen LogP contribution in [0.3, 0.4) is 0 Å². The van der Waals surface area contributed by atoms with E-state index in [2.05, 4.69) is 21.3 Å². The van der Waals surface area contributed by atoms with E-state index in [1.54, 1.807) is 0 Å². The average molecular weight is 456 g/mol. The van der Waals surface area contributed by atoms with Crippen molar-refractivity contribution in [3.05, 3.63) is 0 Å². The van der Waals surface area contributed by atoms with Crippen molar-refractivity contribution in [1.29, 1.82) is 0 Å². The van der Waals surface area contributed by atoms with Gasteiger partial charge in [0, 0.05) is 20.0 Å². The van der Waals surface area contributed by atoms with E-state index in [4.69, 9.17) is 5.11 Å². The van der Waals surface area contributed by atoms with Gasteiger partial charge in [0.25, 0.3) is 0 Å². The van der Waals surface area contributed by atoms with Crippen molar-refractivity contribution < 1.29 is 33.9 Å². The molecule has 0 aliphatic carbocycles. The molecule has 0 unspecified atom stereocenters. The fraction of sp³-hybridized carbons (Fsp3) is 0.700. The molecule has 12 heteroatoms. The second kappa shape index (κ2) is 12.6. The van der Waals surface area contributed by atoms with Crippen molar-refractivity contribution in [3.8, 4) is 0 Å². The van der Waals surface area contributed by atoms with Gasteiger partial charge in [-0.25, -0.2) is 0 Å². The molecule has 0 radical (unpaired) electrons. The van der Waals surface area contributed by atoms with Gasteiger partial charge >= 0.3 is 5.97 Å². The molecule has 0 spiro atoms. The van der Waals surface area contributed by atoms with Crippen LogP contribution in [-0.4, -0.2) is 83.3 Å². The van der Waals surface area contributed by atoms with Crippen LogP contribution in [0.5, 0.6) is 0 Å². The van der Waals surface area contributed by atoms with Crippen LogP contribution < -0.4 is 21.3 Å². The molecule has 5 N–H and O–H groups in total. The van der Waals surface area contributed by atoms with Crippen LogP contribution in [0.4, 0.5) is 0 Å². The van der Waals surface area contributed by atoms with E-state index in [1.807, 2.05) is 13.8 Å². The van der Waals surface area contributed by atoms with E-state index in [-0.39, 0.29) is 11.8 Å². The summed E-state index contributed by atoms with van der Waals surface area (Å²) in [5.74, 6) is -3.74. The van der Waals surface area contributed by atoms with Gasteiger partial charge in [0.05, 0.1) is 13.0 Å². The number of carboxylic acid groups (broad SMARTS) is 1. The molecular formula is C20H33N5O7. The molecule has 0 bridgehead atoms. The summed E-state index contributed by atoms with van der Waals surface area (Å²) in [4.78, 5) is 72.8. The number of hydrogen-bond donors (Lipinski definition) is 5. The van der Waals surface area contributed by atoms with E-state index < -0.39 is 60.7 Å². The topological polar surface area (TPSA) is 174 Å².